The molecule has 0 fully saturated rings. The lowest BCUT2D eigenvalue weighted by molar-refractivity contribution is 0.319. The summed E-state index contributed by atoms with van der Waals surface area (Å²) in [6.45, 7) is 1.77. The fourth-order valence-electron chi connectivity index (χ4n) is 0.890. The molecule has 1 rings (SSSR count). The van der Waals surface area contributed by atoms with Crippen LogP contribution < -0.4 is 0 Å². The van der Waals surface area contributed by atoms with Crippen LogP contribution in [0.15, 0.2) is 34.3 Å². The summed E-state index contributed by atoms with van der Waals surface area (Å²) in [6, 6.07) is 7.91. The van der Waals surface area contributed by atoms with Crippen LogP contribution in [0.1, 0.15) is 12.5 Å². The molecule has 0 radical (unpaired) electrons. The highest BCUT2D eigenvalue weighted by Gasteiger charge is 1.96. The molecule has 3 heteroatoms. The molecule has 0 aliphatic carbocycles. The minimum Gasteiger partial charge on any atom is -0.411 e. The van der Waals surface area contributed by atoms with Gasteiger partial charge in [0.2, 0.25) is 0 Å². The molecule has 0 bridgehead atoms. The van der Waals surface area contributed by atoms with Crippen molar-refractivity contribution in [3.8, 4) is 0 Å². The molecule has 0 heterocycles. The Morgan fingerprint density at radius 3 is 2.33 bits per heavy atom. The number of rotatable bonds is 2. The molecule has 0 aliphatic heterocycles. The van der Waals surface area contributed by atoms with Gasteiger partial charge in [0.1, 0.15) is 0 Å². The smallest absolute Gasteiger partial charge is 0.0836 e. The Labute approximate surface area is 76.3 Å². The van der Waals surface area contributed by atoms with Crippen molar-refractivity contribution in [3.63, 3.8) is 0 Å². The van der Waals surface area contributed by atoms with Crippen molar-refractivity contribution in [3.05, 3.63) is 29.8 Å². The predicted octanol–water partition coefficient (Wildman–Crippen LogP) is 2.61. The number of hydrogen-bond acceptors (Lipinski definition) is 3. The molecule has 12 heavy (non-hydrogen) atoms. The van der Waals surface area contributed by atoms with Crippen LogP contribution in [-0.4, -0.2) is 17.2 Å². The summed E-state index contributed by atoms with van der Waals surface area (Å²) in [5.74, 6) is 0. The quantitative estimate of drug-likeness (QED) is 0.329. The van der Waals surface area contributed by atoms with Crippen LogP contribution in [0.3, 0.4) is 0 Å². The molecule has 0 unspecified atom stereocenters. The van der Waals surface area contributed by atoms with Crippen LogP contribution in [0.5, 0.6) is 0 Å². The van der Waals surface area contributed by atoms with Gasteiger partial charge in [0.15, 0.2) is 0 Å². The second-order valence-corrected chi connectivity index (χ2v) is 3.29. The Bertz CT molecular complexity index is 279. The second-order valence-electron chi connectivity index (χ2n) is 2.41. The van der Waals surface area contributed by atoms with Gasteiger partial charge >= 0.3 is 0 Å². The third-order valence-corrected chi connectivity index (χ3v) is 2.40. The molecular formula is C9H11NOS. The van der Waals surface area contributed by atoms with Gasteiger partial charge in [-0.3, -0.25) is 0 Å². The van der Waals surface area contributed by atoms with Gasteiger partial charge in [0.05, 0.1) is 5.71 Å². The summed E-state index contributed by atoms with van der Waals surface area (Å²) in [5, 5.41) is 11.6. The first-order chi connectivity index (χ1) is 5.77. The first-order valence-corrected chi connectivity index (χ1v) is 4.83. The normalized spacial score (nSPS) is 11.7. The van der Waals surface area contributed by atoms with E-state index in [2.05, 4.69) is 5.16 Å². The summed E-state index contributed by atoms with van der Waals surface area (Å²) < 4.78 is 0. The first-order valence-electron chi connectivity index (χ1n) is 3.61. The lowest BCUT2D eigenvalue weighted by Gasteiger charge is -1.99. The van der Waals surface area contributed by atoms with Crippen molar-refractivity contribution in [1.29, 1.82) is 0 Å². The Morgan fingerprint density at radius 1 is 1.33 bits per heavy atom. The minimum atomic E-state index is 0.641. The van der Waals surface area contributed by atoms with Gasteiger partial charge in [-0.25, -0.2) is 0 Å². The van der Waals surface area contributed by atoms with Gasteiger partial charge in [0, 0.05) is 4.90 Å². The van der Waals surface area contributed by atoms with Crippen LogP contribution in [0.25, 0.3) is 0 Å². The van der Waals surface area contributed by atoms with Gasteiger partial charge in [-0.05, 0) is 30.9 Å². The van der Waals surface area contributed by atoms with Gasteiger partial charge in [-0.2, -0.15) is 0 Å². The largest absolute Gasteiger partial charge is 0.411 e. The van der Waals surface area contributed by atoms with Crippen LogP contribution in [-0.2, 0) is 0 Å². The van der Waals surface area contributed by atoms with Crippen molar-refractivity contribution in [1.82, 2.24) is 0 Å². The molecular weight excluding hydrogens is 170 g/mol. The van der Waals surface area contributed by atoms with Gasteiger partial charge in [-0.15, -0.1) is 11.8 Å². The van der Waals surface area contributed by atoms with Crippen LogP contribution in [0.4, 0.5) is 0 Å². The van der Waals surface area contributed by atoms with Crippen LogP contribution >= 0.6 is 11.8 Å². The van der Waals surface area contributed by atoms with E-state index < -0.39 is 0 Å². The summed E-state index contributed by atoms with van der Waals surface area (Å²) >= 11 is 1.69. The van der Waals surface area contributed by atoms with Gasteiger partial charge < -0.3 is 5.21 Å². The Hall–Kier alpha value is -0.960. The highest BCUT2D eigenvalue weighted by atomic mass is 32.2. The van der Waals surface area contributed by atoms with Crippen LogP contribution in [0.2, 0.25) is 0 Å². The zero-order valence-corrected chi connectivity index (χ0v) is 7.93. The van der Waals surface area contributed by atoms with E-state index in [9.17, 15) is 0 Å². The molecule has 0 aromatic heterocycles. The van der Waals surface area contributed by atoms with E-state index in [1.54, 1.807) is 18.7 Å². The molecule has 0 aliphatic rings. The summed E-state index contributed by atoms with van der Waals surface area (Å²) in [5.41, 5.74) is 1.60. The third-order valence-electron chi connectivity index (χ3n) is 1.66. The predicted molar refractivity (Wildman–Crippen MR) is 52.2 cm³/mol. The third kappa shape index (κ3) is 2.01. The molecule has 1 aromatic rings. The SMILES string of the molecule is CSc1ccc(/C(C)=N\O)cc1. The molecule has 0 atom stereocenters. The van der Waals surface area contributed by atoms with Gasteiger partial charge in [-0.1, -0.05) is 17.3 Å². The molecule has 64 valence electrons. The number of hydrogen-bond donors (Lipinski definition) is 1. The minimum absolute atomic E-state index is 0.641. The molecule has 0 spiro atoms. The zero-order valence-electron chi connectivity index (χ0n) is 7.11. The van der Waals surface area contributed by atoms with E-state index in [-0.39, 0.29) is 0 Å². The van der Waals surface area contributed by atoms with Crippen molar-refractivity contribution < 1.29 is 5.21 Å². The van der Waals surface area contributed by atoms with E-state index in [0.717, 1.165) is 5.56 Å². The van der Waals surface area contributed by atoms with Crippen molar-refractivity contribution in [2.24, 2.45) is 5.16 Å². The second kappa shape index (κ2) is 4.16. The Morgan fingerprint density at radius 2 is 1.92 bits per heavy atom. The monoisotopic (exact) mass is 181 g/mol. The molecule has 0 saturated heterocycles. The van der Waals surface area contributed by atoms with Crippen molar-refractivity contribution >= 4 is 17.5 Å². The number of nitrogens with zero attached hydrogens (tertiary/aromatic N) is 1. The topological polar surface area (TPSA) is 32.6 Å². The number of oxime groups is 1. The lowest BCUT2D eigenvalue weighted by atomic mass is 10.1. The van der Waals surface area contributed by atoms with Crippen molar-refractivity contribution in [2.75, 3.05) is 6.26 Å². The van der Waals surface area contributed by atoms with Gasteiger partial charge in [0.25, 0.3) is 0 Å². The van der Waals surface area contributed by atoms with Crippen LogP contribution in [0, 0.1) is 0 Å². The summed E-state index contributed by atoms with van der Waals surface area (Å²) in [7, 11) is 0. The molecule has 1 N–H and O–H groups in total. The fourth-order valence-corrected chi connectivity index (χ4v) is 1.30. The Kier molecular flexibility index (Phi) is 3.17. The summed E-state index contributed by atoms with van der Waals surface area (Å²) in [6.07, 6.45) is 2.03. The Balaban J connectivity index is 2.92. The first kappa shape index (κ1) is 9.13. The highest BCUT2D eigenvalue weighted by Crippen LogP contribution is 2.14. The maximum atomic E-state index is 8.50. The molecule has 0 amide bonds. The standard InChI is InChI=1S/C9H11NOS/c1-7(10-11)8-3-5-9(12-2)6-4-8/h3-6,11H,1-2H3/b10-7-. The van der Waals surface area contributed by atoms with Crippen molar-refractivity contribution in [2.45, 2.75) is 11.8 Å². The average molecular weight is 181 g/mol. The number of benzene rings is 1. The van der Waals surface area contributed by atoms with E-state index >= 15 is 0 Å². The summed E-state index contributed by atoms with van der Waals surface area (Å²) in [4.78, 5) is 1.21. The maximum Gasteiger partial charge on any atom is 0.0836 e. The number of thioether (sulfide) groups is 1. The molecule has 2 nitrogen and oxygen atoms in total. The van der Waals surface area contributed by atoms with E-state index in [0.29, 0.717) is 5.71 Å². The highest BCUT2D eigenvalue weighted by molar-refractivity contribution is 7.98. The van der Waals surface area contributed by atoms with E-state index in [4.69, 9.17) is 5.21 Å². The molecule has 0 saturated carbocycles. The maximum absolute atomic E-state index is 8.50. The van der Waals surface area contributed by atoms with E-state index in [1.807, 2.05) is 30.5 Å². The fraction of sp³-hybridized carbons (Fsp3) is 0.222. The molecule has 1 aromatic carbocycles. The average Bonchev–Trinajstić information content (AvgIpc) is 2.17. The van der Waals surface area contributed by atoms with E-state index in [1.165, 1.54) is 4.90 Å². The lowest BCUT2D eigenvalue weighted by Crippen LogP contribution is -1.92. The zero-order chi connectivity index (χ0) is 8.97.